The summed E-state index contributed by atoms with van der Waals surface area (Å²) in [4.78, 5) is 25.0. The first kappa shape index (κ1) is 21.2. The smallest absolute Gasteiger partial charge is 0.253 e. The van der Waals surface area contributed by atoms with Crippen molar-refractivity contribution < 1.29 is 4.79 Å². The minimum absolute atomic E-state index is 0.00207. The molecule has 2 aromatic heterocycles. The van der Waals surface area contributed by atoms with E-state index in [9.17, 15) is 4.79 Å². The third kappa shape index (κ3) is 4.83. The molecular weight excluding hydrogens is 396 g/mol. The molecule has 4 rings (SSSR count). The number of hydrogen-bond donors (Lipinski definition) is 0. The van der Waals surface area contributed by atoms with Gasteiger partial charge in [0.25, 0.3) is 5.91 Å². The van der Waals surface area contributed by atoms with Crippen LogP contribution >= 0.6 is 0 Å². The molecule has 0 saturated carbocycles. The van der Waals surface area contributed by atoms with Crippen molar-refractivity contribution in [1.29, 1.82) is 0 Å². The number of pyridine rings is 2. The SMILES string of the molecule is CN(C)C(=O)c1ccc(-c2ccccc2)c(CCN(c2cccnc2)c2cccnc2)c1. The third-order valence-corrected chi connectivity index (χ3v) is 5.36. The number of rotatable bonds is 7. The van der Waals surface area contributed by atoms with Gasteiger partial charge >= 0.3 is 0 Å². The Morgan fingerprint density at radius 1 is 0.812 bits per heavy atom. The highest BCUT2D eigenvalue weighted by molar-refractivity contribution is 5.94. The number of benzene rings is 2. The Bertz CT molecular complexity index is 1120. The molecule has 2 aromatic carbocycles. The van der Waals surface area contributed by atoms with E-state index in [1.165, 1.54) is 0 Å². The Hall–Kier alpha value is -3.99. The lowest BCUT2D eigenvalue weighted by molar-refractivity contribution is 0.0827. The average Bonchev–Trinajstić information content (AvgIpc) is 2.85. The standard InChI is InChI=1S/C27H26N4O/c1-30(2)27(32)23-12-13-26(21-8-4-3-5-9-21)22(18-23)14-17-31(24-10-6-15-28-19-24)25-11-7-16-29-20-25/h3-13,15-16,18-20H,14,17H2,1-2H3. The molecule has 0 spiro atoms. The van der Waals surface area contributed by atoms with Crippen molar-refractivity contribution in [3.05, 3.63) is 109 Å². The number of hydrogen-bond acceptors (Lipinski definition) is 4. The number of amides is 1. The van der Waals surface area contributed by atoms with Crippen molar-refractivity contribution in [3.8, 4) is 11.1 Å². The quantitative estimate of drug-likeness (QED) is 0.409. The molecule has 0 N–H and O–H groups in total. The van der Waals surface area contributed by atoms with Gasteiger partial charge in [-0.2, -0.15) is 0 Å². The van der Waals surface area contributed by atoms with Crippen molar-refractivity contribution in [2.75, 3.05) is 25.5 Å². The molecule has 0 fully saturated rings. The maximum absolute atomic E-state index is 12.6. The van der Waals surface area contributed by atoms with Crippen LogP contribution < -0.4 is 4.90 Å². The van der Waals surface area contributed by atoms with E-state index in [1.54, 1.807) is 31.4 Å². The fourth-order valence-electron chi connectivity index (χ4n) is 3.76. The molecule has 0 atom stereocenters. The van der Waals surface area contributed by atoms with Crippen LogP contribution in [0.4, 0.5) is 11.4 Å². The normalized spacial score (nSPS) is 10.6. The fraction of sp³-hybridized carbons (Fsp3) is 0.148. The van der Waals surface area contributed by atoms with E-state index in [0.717, 1.165) is 41.0 Å². The Balaban J connectivity index is 1.71. The minimum Gasteiger partial charge on any atom is -0.345 e. The van der Waals surface area contributed by atoms with Crippen LogP contribution in [0.3, 0.4) is 0 Å². The lowest BCUT2D eigenvalue weighted by atomic mass is 9.95. The topological polar surface area (TPSA) is 49.3 Å². The molecule has 160 valence electrons. The summed E-state index contributed by atoms with van der Waals surface area (Å²) in [6, 6.07) is 24.2. The van der Waals surface area contributed by atoms with E-state index >= 15 is 0 Å². The Morgan fingerprint density at radius 3 is 2.03 bits per heavy atom. The second-order valence-corrected chi connectivity index (χ2v) is 7.76. The van der Waals surface area contributed by atoms with Crippen LogP contribution in [0.25, 0.3) is 11.1 Å². The molecule has 0 aliphatic heterocycles. The van der Waals surface area contributed by atoms with E-state index in [2.05, 4.69) is 33.1 Å². The summed E-state index contributed by atoms with van der Waals surface area (Å²) in [7, 11) is 3.55. The second-order valence-electron chi connectivity index (χ2n) is 7.76. The van der Waals surface area contributed by atoms with E-state index in [1.807, 2.05) is 67.0 Å². The highest BCUT2D eigenvalue weighted by atomic mass is 16.2. The summed E-state index contributed by atoms with van der Waals surface area (Å²) < 4.78 is 0. The van der Waals surface area contributed by atoms with Crippen LogP contribution in [0.1, 0.15) is 15.9 Å². The molecule has 4 aromatic rings. The Kier molecular flexibility index (Phi) is 6.56. The number of nitrogens with zero attached hydrogens (tertiary/aromatic N) is 4. The lowest BCUT2D eigenvalue weighted by Gasteiger charge is -2.25. The molecule has 0 radical (unpaired) electrons. The first-order valence-corrected chi connectivity index (χ1v) is 10.6. The summed E-state index contributed by atoms with van der Waals surface area (Å²) in [5, 5.41) is 0. The molecule has 5 heteroatoms. The number of aromatic nitrogens is 2. The van der Waals surface area contributed by atoms with Gasteiger partial charge in [-0.1, -0.05) is 36.4 Å². The summed E-state index contributed by atoms with van der Waals surface area (Å²) >= 11 is 0. The largest absolute Gasteiger partial charge is 0.345 e. The summed E-state index contributed by atoms with van der Waals surface area (Å²) in [6.45, 7) is 0.719. The fourth-order valence-corrected chi connectivity index (χ4v) is 3.76. The van der Waals surface area contributed by atoms with Gasteiger partial charge in [0.15, 0.2) is 0 Å². The van der Waals surface area contributed by atoms with Crippen LogP contribution in [0.2, 0.25) is 0 Å². The average molecular weight is 423 g/mol. The van der Waals surface area contributed by atoms with Gasteiger partial charge in [0, 0.05) is 38.6 Å². The Labute approximate surface area is 189 Å². The number of anilines is 2. The zero-order valence-corrected chi connectivity index (χ0v) is 18.3. The maximum Gasteiger partial charge on any atom is 0.253 e. The van der Waals surface area contributed by atoms with Gasteiger partial charge in [-0.25, -0.2) is 0 Å². The predicted octanol–water partition coefficient (Wildman–Crippen LogP) is 5.23. The molecular formula is C27H26N4O. The molecule has 1 amide bonds. The molecule has 0 aliphatic carbocycles. The highest BCUT2D eigenvalue weighted by Gasteiger charge is 2.15. The van der Waals surface area contributed by atoms with E-state index in [-0.39, 0.29) is 5.91 Å². The molecule has 0 aliphatic rings. The molecule has 0 bridgehead atoms. The van der Waals surface area contributed by atoms with Gasteiger partial charge in [0.05, 0.1) is 23.8 Å². The predicted molar refractivity (Wildman–Crippen MR) is 129 cm³/mol. The summed E-state index contributed by atoms with van der Waals surface area (Å²) in [5.74, 6) is 0.00207. The molecule has 32 heavy (non-hydrogen) atoms. The van der Waals surface area contributed by atoms with Crippen LogP contribution in [0, 0.1) is 0 Å². The van der Waals surface area contributed by atoms with Crippen molar-refractivity contribution >= 4 is 17.3 Å². The van der Waals surface area contributed by atoms with Gasteiger partial charge in [-0.3, -0.25) is 14.8 Å². The van der Waals surface area contributed by atoms with Gasteiger partial charge in [-0.15, -0.1) is 0 Å². The zero-order chi connectivity index (χ0) is 22.3. The molecule has 5 nitrogen and oxygen atoms in total. The summed E-state index contributed by atoms with van der Waals surface area (Å²) in [6.07, 6.45) is 8.01. The second kappa shape index (κ2) is 9.88. The van der Waals surface area contributed by atoms with E-state index in [0.29, 0.717) is 5.56 Å². The van der Waals surface area contributed by atoms with Crippen LogP contribution in [0.5, 0.6) is 0 Å². The van der Waals surface area contributed by atoms with Gasteiger partial charge in [0.2, 0.25) is 0 Å². The van der Waals surface area contributed by atoms with Crippen molar-refractivity contribution in [2.24, 2.45) is 0 Å². The Morgan fingerprint density at radius 2 is 1.47 bits per heavy atom. The van der Waals surface area contributed by atoms with Crippen LogP contribution in [0.15, 0.2) is 97.6 Å². The van der Waals surface area contributed by atoms with Crippen molar-refractivity contribution in [2.45, 2.75) is 6.42 Å². The van der Waals surface area contributed by atoms with Gasteiger partial charge in [0.1, 0.15) is 0 Å². The zero-order valence-electron chi connectivity index (χ0n) is 18.3. The highest BCUT2D eigenvalue weighted by Crippen LogP contribution is 2.28. The van der Waals surface area contributed by atoms with E-state index < -0.39 is 0 Å². The minimum atomic E-state index is 0.00207. The molecule has 2 heterocycles. The monoisotopic (exact) mass is 422 g/mol. The van der Waals surface area contributed by atoms with Crippen LogP contribution in [-0.4, -0.2) is 41.4 Å². The van der Waals surface area contributed by atoms with Crippen molar-refractivity contribution in [1.82, 2.24) is 14.9 Å². The van der Waals surface area contributed by atoms with Gasteiger partial charge < -0.3 is 9.80 Å². The summed E-state index contributed by atoms with van der Waals surface area (Å²) in [5.41, 5.74) is 6.10. The van der Waals surface area contributed by atoms with Crippen molar-refractivity contribution in [3.63, 3.8) is 0 Å². The number of carbonyl (C=O) groups is 1. The third-order valence-electron chi connectivity index (χ3n) is 5.36. The van der Waals surface area contributed by atoms with Crippen LogP contribution in [-0.2, 0) is 6.42 Å². The first-order valence-electron chi connectivity index (χ1n) is 10.6. The van der Waals surface area contributed by atoms with E-state index in [4.69, 9.17) is 0 Å². The maximum atomic E-state index is 12.6. The molecule has 0 unspecified atom stereocenters. The van der Waals surface area contributed by atoms with Gasteiger partial charge in [-0.05, 0) is 59.5 Å². The first-order chi connectivity index (χ1) is 15.6. The molecule has 0 saturated heterocycles. The number of carbonyl (C=O) groups excluding carboxylic acids is 1. The lowest BCUT2D eigenvalue weighted by Crippen LogP contribution is -2.23.